The number of oxazole rings is 1. The molecule has 0 aromatic carbocycles. The summed E-state index contributed by atoms with van der Waals surface area (Å²) in [6.07, 6.45) is 4.60. The second-order valence-corrected chi connectivity index (χ2v) is 6.99. The Morgan fingerprint density at radius 2 is 2.08 bits per heavy atom. The Morgan fingerprint density at radius 3 is 2.88 bits per heavy atom. The highest BCUT2D eigenvalue weighted by Crippen LogP contribution is 2.26. The smallest absolute Gasteiger partial charge is 0.252 e. The number of hydrogen-bond acceptors (Lipinski definition) is 8. The van der Waals surface area contributed by atoms with Crippen molar-refractivity contribution < 1.29 is 14.3 Å². The zero-order chi connectivity index (χ0) is 17.3. The summed E-state index contributed by atoms with van der Waals surface area (Å²) in [7, 11) is 0. The summed E-state index contributed by atoms with van der Waals surface area (Å²) in [4.78, 5) is 17.5. The molecule has 0 aliphatic carbocycles. The third-order valence-electron chi connectivity index (χ3n) is 4.90. The van der Waals surface area contributed by atoms with E-state index in [1.54, 1.807) is 0 Å². The molecular weight excluding hydrogens is 322 g/mol. The molecule has 0 spiro atoms. The Hall–Kier alpha value is -1.77. The van der Waals surface area contributed by atoms with Gasteiger partial charge in [0.05, 0.1) is 19.8 Å². The van der Waals surface area contributed by atoms with Gasteiger partial charge in [-0.25, -0.2) is 9.97 Å². The summed E-state index contributed by atoms with van der Waals surface area (Å²) < 4.78 is 11.4. The van der Waals surface area contributed by atoms with Crippen LogP contribution in [-0.2, 0) is 11.2 Å². The van der Waals surface area contributed by atoms with Crippen LogP contribution < -0.4 is 4.90 Å². The molecule has 0 bridgehead atoms. The summed E-state index contributed by atoms with van der Waals surface area (Å²) in [6, 6.07) is 0. The Bertz CT molecular complexity index is 730. The molecule has 1 N–H and O–H groups in total. The van der Waals surface area contributed by atoms with Crippen molar-refractivity contribution in [3.05, 3.63) is 12.2 Å². The van der Waals surface area contributed by atoms with Crippen molar-refractivity contribution in [2.75, 3.05) is 50.8 Å². The van der Waals surface area contributed by atoms with Gasteiger partial charge in [0.2, 0.25) is 0 Å². The number of likely N-dealkylation sites (tertiary alicyclic amines) is 1. The number of aliphatic hydroxyl groups is 1. The van der Waals surface area contributed by atoms with Gasteiger partial charge in [-0.3, -0.25) is 0 Å². The minimum absolute atomic E-state index is 0.341. The molecule has 25 heavy (non-hydrogen) atoms. The molecular formula is C17H25N5O3. The molecule has 2 aliphatic heterocycles. The first-order valence-corrected chi connectivity index (χ1v) is 9.05. The number of aryl methyl sites for hydroxylation is 1. The van der Waals surface area contributed by atoms with Crippen LogP contribution in [0.2, 0.25) is 0 Å². The van der Waals surface area contributed by atoms with E-state index in [1.807, 2.05) is 6.92 Å². The molecule has 2 fully saturated rings. The van der Waals surface area contributed by atoms with Crippen molar-refractivity contribution in [1.29, 1.82) is 0 Å². The van der Waals surface area contributed by atoms with E-state index in [0.717, 1.165) is 13.1 Å². The minimum Gasteiger partial charge on any atom is -0.422 e. The number of aromatic nitrogens is 3. The van der Waals surface area contributed by atoms with Gasteiger partial charge in [0.1, 0.15) is 11.9 Å². The first-order valence-electron chi connectivity index (χ1n) is 9.05. The number of β-amino-alcohol motifs (C(OH)–C–C–N with tert-alkyl or cyclic N) is 1. The van der Waals surface area contributed by atoms with Crippen molar-refractivity contribution in [2.45, 2.75) is 31.8 Å². The second kappa shape index (κ2) is 6.86. The largest absolute Gasteiger partial charge is 0.422 e. The lowest BCUT2D eigenvalue weighted by Crippen LogP contribution is -2.52. The molecule has 2 saturated heterocycles. The zero-order valence-electron chi connectivity index (χ0n) is 14.6. The highest BCUT2D eigenvalue weighted by molar-refractivity contribution is 5.81. The van der Waals surface area contributed by atoms with Crippen molar-refractivity contribution in [3.63, 3.8) is 0 Å². The van der Waals surface area contributed by atoms with Crippen molar-refractivity contribution in [3.8, 4) is 0 Å². The second-order valence-electron chi connectivity index (χ2n) is 6.99. The SMILES string of the molecule is CCc1nc2c(N3CCOC[C@](O)(CN4CCCC4)C3)ncnc2o1. The third kappa shape index (κ3) is 3.47. The predicted octanol–water partition coefficient (Wildman–Crippen LogP) is 0.844. The van der Waals surface area contributed by atoms with Gasteiger partial charge in [0.15, 0.2) is 17.2 Å². The minimum atomic E-state index is -0.921. The lowest BCUT2D eigenvalue weighted by molar-refractivity contribution is -0.0439. The average molecular weight is 347 g/mol. The van der Waals surface area contributed by atoms with Crippen LogP contribution in [0.5, 0.6) is 0 Å². The average Bonchev–Trinajstić information content (AvgIpc) is 3.22. The Morgan fingerprint density at radius 1 is 1.24 bits per heavy atom. The first-order chi connectivity index (χ1) is 12.2. The lowest BCUT2D eigenvalue weighted by atomic mass is 10.0. The molecule has 0 unspecified atom stereocenters. The summed E-state index contributed by atoms with van der Waals surface area (Å²) in [5.41, 5.74) is 0.231. The van der Waals surface area contributed by atoms with Gasteiger partial charge in [-0.15, -0.1) is 0 Å². The van der Waals surface area contributed by atoms with E-state index in [2.05, 4.69) is 24.8 Å². The van der Waals surface area contributed by atoms with Crippen LogP contribution in [0.4, 0.5) is 5.82 Å². The van der Waals surface area contributed by atoms with Crippen LogP contribution >= 0.6 is 0 Å². The molecule has 8 nitrogen and oxygen atoms in total. The van der Waals surface area contributed by atoms with Crippen LogP contribution in [0.3, 0.4) is 0 Å². The van der Waals surface area contributed by atoms with Crippen LogP contribution in [-0.4, -0.2) is 76.5 Å². The molecule has 0 saturated carbocycles. The lowest BCUT2D eigenvalue weighted by Gasteiger charge is -2.34. The summed E-state index contributed by atoms with van der Waals surface area (Å²) in [6.45, 7) is 6.71. The molecule has 8 heteroatoms. The van der Waals surface area contributed by atoms with E-state index in [0.29, 0.717) is 62.2 Å². The number of fused-ring (bicyclic) bond motifs is 1. The fourth-order valence-electron chi connectivity index (χ4n) is 3.72. The van der Waals surface area contributed by atoms with Gasteiger partial charge < -0.3 is 24.1 Å². The number of ether oxygens (including phenoxy) is 1. The maximum Gasteiger partial charge on any atom is 0.252 e. The Labute approximate surface area is 146 Å². The Balaban J connectivity index is 1.61. The van der Waals surface area contributed by atoms with Gasteiger partial charge in [0.25, 0.3) is 5.71 Å². The first kappa shape index (κ1) is 16.7. The molecule has 1 atom stereocenters. The number of anilines is 1. The fraction of sp³-hybridized carbons (Fsp3) is 0.706. The van der Waals surface area contributed by atoms with Crippen LogP contribution in [0.25, 0.3) is 11.2 Å². The molecule has 2 aliphatic rings. The zero-order valence-corrected chi connectivity index (χ0v) is 14.6. The standard InChI is InChI=1S/C17H25N5O3/c1-2-13-20-14-15(18-12-19-16(14)25-13)22-7-8-24-11-17(23,10-22)9-21-5-3-4-6-21/h12,23H,2-11H2,1H3/t17-/m0/s1. The maximum absolute atomic E-state index is 11.2. The molecule has 2 aromatic rings. The highest BCUT2D eigenvalue weighted by Gasteiger charge is 2.36. The number of rotatable bonds is 4. The van der Waals surface area contributed by atoms with E-state index >= 15 is 0 Å². The predicted molar refractivity (Wildman–Crippen MR) is 92.6 cm³/mol. The molecule has 0 amide bonds. The summed E-state index contributed by atoms with van der Waals surface area (Å²) in [5, 5.41) is 11.2. The number of nitrogens with zero attached hydrogens (tertiary/aromatic N) is 5. The van der Waals surface area contributed by atoms with Gasteiger partial charge in [0, 0.05) is 19.5 Å². The highest BCUT2D eigenvalue weighted by atomic mass is 16.5. The van der Waals surface area contributed by atoms with E-state index in [-0.39, 0.29) is 0 Å². The van der Waals surface area contributed by atoms with Gasteiger partial charge >= 0.3 is 0 Å². The number of hydrogen-bond donors (Lipinski definition) is 1. The molecule has 4 heterocycles. The van der Waals surface area contributed by atoms with E-state index < -0.39 is 5.60 Å². The fourth-order valence-corrected chi connectivity index (χ4v) is 3.72. The van der Waals surface area contributed by atoms with Crippen LogP contribution in [0.15, 0.2) is 10.7 Å². The van der Waals surface area contributed by atoms with Gasteiger partial charge in [-0.1, -0.05) is 6.92 Å². The summed E-state index contributed by atoms with van der Waals surface area (Å²) in [5.74, 6) is 1.36. The quantitative estimate of drug-likeness (QED) is 0.871. The Kier molecular flexibility index (Phi) is 4.58. The molecule has 136 valence electrons. The maximum atomic E-state index is 11.2. The third-order valence-corrected chi connectivity index (χ3v) is 4.90. The van der Waals surface area contributed by atoms with Crippen molar-refractivity contribution >= 4 is 17.0 Å². The van der Waals surface area contributed by atoms with E-state index in [1.165, 1.54) is 19.2 Å². The van der Waals surface area contributed by atoms with Crippen molar-refractivity contribution in [2.24, 2.45) is 0 Å². The monoisotopic (exact) mass is 347 g/mol. The van der Waals surface area contributed by atoms with E-state index in [4.69, 9.17) is 9.15 Å². The summed E-state index contributed by atoms with van der Waals surface area (Å²) >= 11 is 0. The molecule has 0 radical (unpaired) electrons. The van der Waals surface area contributed by atoms with Crippen LogP contribution in [0, 0.1) is 0 Å². The molecule has 4 rings (SSSR count). The van der Waals surface area contributed by atoms with E-state index in [9.17, 15) is 5.11 Å². The molecule has 2 aromatic heterocycles. The van der Waals surface area contributed by atoms with Crippen LogP contribution in [0.1, 0.15) is 25.7 Å². The van der Waals surface area contributed by atoms with Gasteiger partial charge in [-0.2, -0.15) is 4.98 Å². The topological polar surface area (TPSA) is 87.8 Å². The van der Waals surface area contributed by atoms with Crippen molar-refractivity contribution in [1.82, 2.24) is 19.9 Å². The van der Waals surface area contributed by atoms with Gasteiger partial charge in [-0.05, 0) is 25.9 Å². The normalized spacial score (nSPS) is 25.6.